The van der Waals surface area contributed by atoms with Crippen LogP contribution in [0.5, 0.6) is 0 Å². The number of nitrogens with zero attached hydrogens (tertiary/aromatic N) is 2. The van der Waals surface area contributed by atoms with E-state index in [4.69, 9.17) is 10.7 Å². The molecule has 102 valence electrons. The van der Waals surface area contributed by atoms with Crippen molar-refractivity contribution >= 4 is 11.0 Å². The van der Waals surface area contributed by atoms with Gasteiger partial charge in [0.25, 0.3) is 0 Å². The topological polar surface area (TPSA) is 43.8 Å². The summed E-state index contributed by atoms with van der Waals surface area (Å²) in [7, 11) is 2.06. The van der Waals surface area contributed by atoms with E-state index in [9.17, 15) is 0 Å². The highest BCUT2D eigenvalue weighted by molar-refractivity contribution is 5.81. The van der Waals surface area contributed by atoms with Crippen LogP contribution in [-0.2, 0) is 13.6 Å². The summed E-state index contributed by atoms with van der Waals surface area (Å²) in [5, 5.41) is 0. The predicted octanol–water partition coefficient (Wildman–Crippen LogP) is 3.32. The minimum atomic E-state index is 0.556. The number of nitrogens with two attached hydrogens (primary N) is 1. The van der Waals surface area contributed by atoms with Crippen molar-refractivity contribution in [1.29, 1.82) is 0 Å². The summed E-state index contributed by atoms with van der Waals surface area (Å²) in [5.41, 5.74) is 12.7. The minimum absolute atomic E-state index is 0.556. The Morgan fingerprint density at radius 3 is 2.55 bits per heavy atom. The molecule has 3 rings (SSSR count). The molecule has 0 aliphatic rings. The van der Waals surface area contributed by atoms with Gasteiger partial charge in [0.2, 0.25) is 0 Å². The SMILES string of the molecule is Cc1ccc(-c2nc3ccc(CN)cc3n2C)cc1C. The molecule has 1 aromatic heterocycles. The van der Waals surface area contributed by atoms with Crippen LogP contribution in [0.3, 0.4) is 0 Å². The van der Waals surface area contributed by atoms with Crippen molar-refractivity contribution < 1.29 is 0 Å². The van der Waals surface area contributed by atoms with Gasteiger partial charge in [0.1, 0.15) is 5.82 Å². The van der Waals surface area contributed by atoms with E-state index in [0.717, 1.165) is 28.0 Å². The molecule has 0 atom stereocenters. The Morgan fingerprint density at radius 1 is 1.05 bits per heavy atom. The molecule has 0 bridgehead atoms. The summed E-state index contributed by atoms with van der Waals surface area (Å²) >= 11 is 0. The Kier molecular flexibility index (Phi) is 3.07. The first kappa shape index (κ1) is 12.9. The summed E-state index contributed by atoms with van der Waals surface area (Å²) in [4.78, 5) is 4.75. The number of hydrogen-bond donors (Lipinski definition) is 1. The third kappa shape index (κ3) is 2.00. The van der Waals surface area contributed by atoms with E-state index in [1.807, 2.05) is 12.1 Å². The van der Waals surface area contributed by atoms with Gasteiger partial charge in [-0.15, -0.1) is 0 Å². The van der Waals surface area contributed by atoms with E-state index < -0.39 is 0 Å². The van der Waals surface area contributed by atoms with Crippen LogP contribution in [0.15, 0.2) is 36.4 Å². The lowest BCUT2D eigenvalue weighted by Crippen LogP contribution is -1.97. The molecule has 20 heavy (non-hydrogen) atoms. The Balaban J connectivity index is 2.21. The highest BCUT2D eigenvalue weighted by Crippen LogP contribution is 2.25. The van der Waals surface area contributed by atoms with Crippen molar-refractivity contribution in [3.8, 4) is 11.4 Å². The Morgan fingerprint density at radius 2 is 1.85 bits per heavy atom. The molecule has 3 heteroatoms. The lowest BCUT2D eigenvalue weighted by molar-refractivity contribution is 0.956. The fourth-order valence-electron chi connectivity index (χ4n) is 2.50. The van der Waals surface area contributed by atoms with Gasteiger partial charge in [-0.05, 0) is 48.7 Å². The maximum Gasteiger partial charge on any atom is 0.140 e. The molecule has 0 spiro atoms. The predicted molar refractivity (Wildman–Crippen MR) is 83.5 cm³/mol. The van der Waals surface area contributed by atoms with Gasteiger partial charge in [-0.25, -0.2) is 4.98 Å². The molecule has 2 N–H and O–H groups in total. The van der Waals surface area contributed by atoms with Crippen molar-refractivity contribution in [1.82, 2.24) is 9.55 Å². The van der Waals surface area contributed by atoms with Gasteiger partial charge in [0, 0.05) is 19.2 Å². The summed E-state index contributed by atoms with van der Waals surface area (Å²) in [6, 6.07) is 12.7. The highest BCUT2D eigenvalue weighted by atomic mass is 15.1. The lowest BCUT2D eigenvalue weighted by Gasteiger charge is -2.06. The van der Waals surface area contributed by atoms with Crippen molar-refractivity contribution in [3.63, 3.8) is 0 Å². The van der Waals surface area contributed by atoms with E-state index in [0.29, 0.717) is 6.54 Å². The Hall–Kier alpha value is -2.13. The zero-order valence-corrected chi connectivity index (χ0v) is 12.1. The average Bonchev–Trinajstić information content (AvgIpc) is 2.79. The molecule has 0 aliphatic carbocycles. The van der Waals surface area contributed by atoms with Gasteiger partial charge in [-0.1, -0.05) is 18.2 Å². The van der Waals surface area contributed by atoms with Crippen LogP contribution < -0.4 is 5.73 Å². The molecule has 0 unspecified atom stereocenters. The van der Waals surface area contributed by atoms with Gasteiger partial charge in [-0.3, -0.25) is 0 Å². The van der Waals surface area contributed by atoms with E-state index in [1.54, 1.807) is 0 Å². The zero-order valence-electron chi connectivity index (χ0n) is 12.1. The third-order valence-corrected chi connectivity index (χ3v) is 3.95. The van der Waals surface area contributed by atoms with Crippen LogP contribution in [0, 0.1) is 13.8 Å². The number of benzene rings is 2. The number of hydrogen-bond acceptors (Lipinski definition) is 2. The highest BCUT2D eigenvalue weighted by Gasteiger charge is 2.10. The third-order valence-electron chi connectivity index (χ3n) is 3.95. The minimum Gasteiger partial charge on any atom is -0.327 e. The molecule has 0 saturated carbocycles. The second kappa shape index (κ2) is 4.76. The molecule has 1 heterocycles. The number of imidazole rings is 1. The molecule has 0 fully saturated rings. The van der Waals surface area contributed by atoms with Gasteiger partial charge >= 0.3 is 0 Å². The van der Waals surface area contributed by atoms with Crippen LogP contribution >= 0.6 is 0 Å². The van der Waals surface area contributed by atoms with Gasteiger partial charge in [0.05, 0.1) is 11.0 Å². The first-order valence-electron chi connectivity index (χ1n) is 6.83. The molecule has 3 aromatic rings. The van der Waals surface area contributed by atoms with Crippen molar-refractivity contribution in [3.05, 3.63) is 53.1 Å². The molecule has 2 aromatic carbocycles. The second-order valence-corrected chi connectivity index (χ2v) is 5.32. The molecule has 0 amide bonds. The first-order chi connectivity index (χ1) is 9.60. The van der Waals surface area contributed by atoms with E-state index >= 15 is 0 Å². The molecular formula is C17H19N3. The van der Waals surface area contributed by atoms with Gasteiger partial charge in [0.15, 0.2) is 0 Å². The molecule has 0 saturated heterocycles. The zero-order chi connectivity index (χ0) is 14.3. The van der Waals surface area contributed by atoms with E-state index in [2.05, 4.69) is 49.7 Å². The Bertz CT molecular complexity index is 784. The summed E-state index contributed by atoms with van der Waals surface area (Å²) < 4.78 is 2.14. The monoisotopic (exact) mass is 265 g/mol. The maximum atomic E-state index is 5.72. The number of rotatable bonds is 2. The van der Waals surface area contributed by atoms with Gasteiger partial charge < -0.3 is 10.3 Å². The maximum absolute atomic E-state index is 5.72. The number of aromatic nitrogens is 2. The lowest BCUT2D eigenvalue weighted by atomic mass is 10.1. The molecule has 0 aliphatic heterocycles. The molecule has 3 nitrogen and oxygen atoms in total. The van der Waals surface area contributed by atoms with Crippen LogP contribution in [0.1, 0.15) is 16.7 Å². The summed E-state index contributed by atoms with van der Waals surface area (Å²) in [6.07, 6.45) is 0. The Labute approximate surface area is 119 Å². The van der Waals surface area contributed by atoms with Crippen LogP contribution in [0.25, 0.3) is 22.4 Å². The van der Waals surface area contributed by atoms with Crippen LogP contribution in [0.4, 0.5) is 0 Å². The summed E-state index contributed by atoms with van der Waals surface area (Å²) in [6.45, 7) is 4.82. The van der Waals surface area contributed by atoms with Crippen molar-refractivity contribution in [2.45, 2.75) is 20.4 Å². The fraction of sp³-hybridized carbons (Fsp3) is 0.235. The van der Waals surface area contributed by atoms with Crippen molar-refractivity contribution in [2.24, 2.45) is 12.8 Å². The molecule has 0 radical (unpaired) electrons. The van der Waals surface area contributed by atoms with E-state index in [1.165, 1.54) is 11.1 Å². The van der Waals surface area contributed by atoms with Crippen molar-refractivity contribution in [2.75, 3.05) is 0 Å². The first-order valence-corrected chi connectivity index (χ1v) is 6.83. The van der Waals surface area contributed by atoms with E-state index in [-0.39, 0.29) is 0 Å². The normalized spacial score (nSPS) is 11.2. The smallest absolute Gasteiger partial charge is 0.140 e. The van der Waals surface area contributed by atoms with Gasteiger partial charge in [-0.2, -0.15) is 0 Å². The second-order valence-electron chi connectivity index (χ2n) is 5.32. The average molecular weight is 265 g/mol. The quantitative estimate of drug-likeness (QED) is 0.772. The number of aryl methyl sites for hydroxylation is 3. The summed E-state index contributed by atoms with van der Waals surface area (Å²) in [5.74, 6) is 0.997. The van der Waals surface area contributed by atoms with Crippen LogP contribution in [-0.4, -0.2) is 9.55 Å². The standard InChI is InChI=1S/C17H19N3/c1-11-4-6-14(8-12(11)2)17-19-15-7-5-13(10-18)9-16(15)20(17)3/h4-9H,10,18H2,1-3H3. The largest absolute Gasteiger partial charge is 0.327 e. The fourth-order valence-corrected chi connectivity index (χ4v) is 2.50. The molecular weight excluding hydrogens is 246 g/mol. The van der Waals surface area contributed by atoms with Crippen LogP contribution in [0.2, 0.25) is 0 Å². The number of fused-ring (bicyclic) bond motifs is 1.